The van der Waals surface area contributed by atoms with Gasteiger partial charge >= 0.3 is 0 Å². The van der Waals surface area contributed by atoms with Gasteiger partial charge < -0.3 is 19.9 Å². The summed E-state index contributed by atoms with van der Waals surface area (Å²) in [5, 5.41) is 3.76. The Balaban J connectivity index is 1.13. The molecule has 1 amide bonds. The van der Waals surface area contributed by atoms with Gasteiger partial charge in [0.1, 0.15) is 11.1 Å². The van der Waals surface area contributed by atoms with Gasteiger partial charge in [0.05, 0.1) is 17.9 Å². The highest BCUT2D eigenvalue weighted by molar-refractivity contribution is 5.98. The summed E-state index contributed by atoms with van der Waals surface area (Å²) in [4.78, 5) is 42.5. The van der Waals surface area contributed by atoms with Crippen LogP contribution in [0.5, 0.6) is 5.75 Å². The molecule has 2 saturated heterocycles. The first-order valence-corrected chi connectivity index (χ1v) is 15.2. The Morgan fingerprint density at radius 2 is 1.81 bits per heavy atom. The number of allylic oxidation sites excluding steroid dienone is 2. The highest BCUT2D eigenvalue weighted by atomic mass is 16.5. The van der Waals surface area contributed by atoms with Crippen molar-refractivity contribution < 1.29 is 9.53 Å². The van der Waals surface area contributed by atoms with E-state index in [1.807, 2.05) is 29.0 Å². The largest absolute Gasteiger partial charge is 0.482 e. The number of carbonyl (C=O) groups is 1. The maximum atomic E-state index is 13.6. The monoisotopic (exact) mass is 578 g/mol. The minimum atomic E-state index is -0.170. The van der Waals surface area contributed by atoms with Crippen LogP contribution in [0.4, 0.5) is 23.0 Å². The number of rotatable bonds is 3. The molecular weight excluding hydrogens is 544 g/mol. The van der Waals surface area contributed by atoms with Gasteiger partial charge in [-0.25, -0.2) is 14.3 Å². The van der Waals surface area contributed by atoms with Gasteiger partial charge in [-0.15, -0.1) is 0 Å². The van der Waals surface area contributed by atoms with Crippen molar-refractivity contribution in [2.45, 2.75) is 38.3 Å². The van der Waals surface area contributed by atoms with E-state index in [1.54, 1.807) is 15.8 Å². The molecule has 0 radical (unpaired) electrons. The van der Waals surface area contributed by atoms with Gasteiger partial charge in [0, 0.05) is 49.8 Å². The molecule has 2 aromatic carbocycles. The van der Waals surface area contributed by atoms with Crippen LogP contribution in [0, 0.1) is 0 Å². The first-order valence-electron chi connectivity index (χ1n) is 15.2. The molecular formula is C32H34N8O3. The van der Waals surface area contributed by atoms with Gasteiger partial charge in [0.2, 0.25) is 5.95 Å². The molecule has 1 N–H and O–H groups in total. The normalized spacial score (nSPS) is 21.0. The van der Waals surface area contributed by atoms with Crippen molar-refractivity contribution in [2.24, 2.45) is 0 Å². The van der Waals surface area contributed by atoms with Crippen LogP contribution in [-0.2, 0) is 11.3 Å². The summed E-state index contributed by atoms with van der Waals surface area (Å²) in [6, 6.07) is 14.7. The molecule has 4 aromatic rings. The van der Waals surface area contributed by atoms with Crippen molar-refractivity contribution in [2.75, 3.05) is 54.4 Å². The fraction of sp³-hybridized carbons (Fsp3) is 0.375. The summed E-state index contributed by atoms with van der Waals surface area (Å²) in [5.41, 5.74) is 3.86. The molecule has 6 heterocycles. The van der Waals surface area contributed by atoms with Gasteiger partial charge in [0.15, 0.2) is 12.3 Å². The van der Waals surface area contributed by atoms with Crippen molar-refractivity contribution in [1.82, 2.24) is 24.2 Å². The maximum Gasteiger partial charge on any atom is 0.278 e. The summed E-state index contributed by atoms with van der Waals surface area (Å²) in [5.74, 6) is 0.994. The SMILES string of the molecule is O=C1COc2ccc3cc2N1CCC/C=C\Cn1c(=O)c2cnc(Nc4ccc(N5CCN6CCCC6C5)cc4)nc2n1-3. The molecule has 1 atom stereocenters. The number of hydrogen-bond donors (Lipinski definition) is 1. The smallest absolute Gasteiger partial charge is 0.278 e. The number of benzene rings is 2. The number of fused-ring (bicyclic) bond motifs is 6. The quantitative estimate of drug-likeness (QED) is 0.368. The van der Waals surface area contributed by atoms with Crippen LogP contribution in [-0.4, -0.2) is 75.5 Å². The van der Waals surface area contributed by atoms with Crippen molar-refractivity contribution in [3.8, 4) is 11.4 Å². The summed E-state index contributed by atoms with van der Waals surface area (Å²) in [6.45, 7) is 5.52. The first-order chi connectivity index (χ1) is 21.1. The van der Waals surface area contributed by atoms with Gasteiger partial charge in [-0.1, -0.05) is 12.2 Å². The van der Waals surface area contributed by atoms with E-state index in [-0.39, 0.29) is 18.1 Å². The molecule has 8 rings (SSSR count). The Morgan fingerprint density at radius 3 is 2.72 bits per heavy atom. The zero-order valence-electron chi connectivity index (χ0n) is 24.0. The highest BCUT2D eigenvalue weighted by Gasteiger charge is 2.31. The molecule has 2 aromatic heterocycles. The Kier molecular flexibility index (Phi) is 6.40. The minimum Gasteiger partial charge on any atom is -0.482 e. The summed E-state index contributed by atoms with van der Waals surface area (Å²) < 4.78 is 9.21. The lowest BCUT2D eigenvalue weighted by molar-refractivity contribution is -0.121. The zero-order valence-corrected chi connectivity index (χ0v) is 24.0. The lowest BCUT2D eigenvalue weighted by atomic mass is 10.1. The van der Waals surface area contributed by atoms with E-state index in [4.69, 9.17) is 9.72 Å². The lowest BCUT2D eigenvalue weighted by Gasteiger charge is -2.38. The van der Waals surface area contributed by atoms with Crippen LogP contribution >= 0.6 is 0 Å². The fourth-order valence-corrected chi connectivity index (χ4v) is 6.85. The average molecular weight is 579 g/mol. The second kappa shape index (κ2) is 10.6. The van der Waals surface area contributed by atoms with E-state index in [2.05, 4.69) is 50.4 Å². The van der Waals surface area contributed by atoms with Crippen molar-refractivity contribution in [3.05, 3.63) is 71.2 Å². The van der Waals surface area contributed by atoms with Gasteiger partial charge in [-0.05, 0) is 74.7 Å². The number of ether oxygens (including phenoxy) is 1. The fourth-order valence-electron chi connectivity index (χ4n) is 6.85. The molecule has 0 spiro atoms. The maximum absolute atomic E-state index is 13.6. The Morgan fingerprint density at radius 1 is 0.930 bits per heavy atom. The predicted octanol–water partition coefficient (Wildman–Crippen LogP) is 3.69. The van der Waals surface area contributed by atoms with E-state index in [0.717, 1.165) is 43.9 Å². The predicted molar refractivity (Wildman–Crippen MR) is 166 cm³/mol. The van der Waals surface area contributed by atoms with E-state index < -0.39 is 0 Å². The molecule has 11 nitrogen and oxygen atoms in total. The lowest BCUT2D eigenvalue weighted by Crippen LogP contribution is -2.50. The number of anilines is 4. The van der Waals surface area contributed by atoms with E-state index in [1.165, 1.54) is 25.1 Å². The Labute approximate surface area is 249 Å². The van der Waals surface area contributed by atoms with Crippen LogP contribution in [0.15, 0.2) is 65.6 Å². The number of nitrogens with zero attached hydrogens (tertiary/aromatic N) is 7. The van der Waals surface area contributed by atoms with Crippen LogP contribution in [0.2, 0.25) is 0 Å². The van der Waals surface area contributed by atoms with Gasteiger partial charge in [-0.3, -0.25) is 14.5 Å². The second-order valence-electron chi connectivity index (χ2n) is 11.7. The average Bonchev–Trinajstić information content (AvgIpc) is 3.61. The molecule has 2 fully saturated rings. The number of carbonyl (C=O) groups excluding carboxylic acids is 1. The third-order valence-corrected chi connectivity index (χ3v) is 9.08. The molecule has 2 bridgehead atoms. The second-order valence-corrected chi connectivity index (χ2v) is 11.7. The van der Waals surface area contributed by atoms with E-state index in [0.29, 0.717) is 47.5 Å². The van der Waals surface area contributed by atoms with Crippen LogP contribution < -0.4 is 25.4 Å². The van der Waals surface area contributed by atoms with Crippen molar-refractivity contribution >= 4 is 40.0 Å². The summed E-state index contributed by atoms with van der Waals surface area (Å²) in [6.07, 6.45) is 9.87. The Bertz CT molecular complexity index is 1790. The summed E-state index contributed by atoms with van der Waals surface area (Å²) >= 11 is 0. The van der Waals surface area contributed by atoms with Crippen LogP contribution in [0.1, 0.15) is 25.7 Å². The third-order valence-electron chi connectivity index (χ3n) is 9.08. The molecule has 220 valence electrons. The molecule has 0 aliphatic carbocycles. The van der Waals surface area contributed by atoms with Gasteiger partial charge in [-0.2, -0.15) is 4.98 Å². The van der Waals surface area contributed by atoms with Gasteiger partial charge in [0.25, 0.3) is 11.5 Å². The number of nitrogens with one attached hydrogen (secondary N) is 1. The molecule has 4 aliphatic rings. The number of hydrogen-bond acceptors (Lipinski definition) is 8. The topological polar surface area (TPSA) is 101 Å². The highest BCUT2D eigenvalue weighted by Crippen LogP contribution is 2.35. The molecule has 4 aliphatic heterocycles. The molecule has 43 heavy (non-hydrogen) atoms. The third kappa shape index (κ3) is 4.64. The first kappa shape index (κ1) is 26.0. The zero-order chi connectivity index (χ0) is 28.9. The minimum absolute atomic E-state index is 0.0275. The summed E-state index contributed by atoms with van der Waals surface area (Å²) in [7, 11) is 0. The van der Waals surface area contributed by atoms with Crippen LogP contribution in [0.25, 0.3) is 16.7 Å². The number of amides is 1. The Hall–Kier alpha value is -4.64. The number of piperazine rings is 1. The molecule has 1 unspecified atom stereocenters. The van der Waals surface area contributed by atoms with Crippen molar-refractivity contribution in [1.29, 1.82) is 0 Å². The molecule has 11 heteroatoms. The van der Waals surface area contributed by atoms with Crippen molar-refractivity contribution in [3.63, 3.8) is 0 Å². The van der Waals surface area contributed by atoms with E-state index in [9.17, 15) is 9.59 Å². The molecule has 0 saturated carbocycles. The van der Waals surface area contributed by atoms with Crippen LogP contribution in [0.3, 0.4) is 0 Å². The number of aromatic nitrogens is 4. The van der Waals surface area contributed by atoms with E-state index >= 15 is 0 Å². The standard InChI is InChI=1S/C32H34N8O3/c41-29-21-43-28-12-11-24-18-27(28)38(29)14-3-1-2-4-15-39-31(42)26-19-33-32(35-30(26)40(24)39)34-22-7-9-23(10-8-22)37-17-16-36-13-5-6-25(36)20-37/h2,4,7-12,18-19,25H,1,3,5-6,13-17,20-21H2,(H,33,34,35)/b4-2-.